The third-order valence-corrected chi connectivity index (χ3v) is 3.92. The summed E-state index contributed by atoms with van der Waals surface area (Å²) in [7, 11) is 5.72. The highest BCUT2D eigenvalue weighted by molar-refractivity contribution is 14.0. The normalized spacial score (nSPS) is 11.7. The van der Waals surface area contributed by atoms with Gasteiger partial charge in [0, 0.05) is 46.9 Å². The summed E-state index contributed by atoms with van der Waals surface area (Å²) in [6.07, 6.45) is 4.69. The highest BCUT2D eigenvalue weighted by atomic mass is 127. The molecule has 0 heterocycles. The van der Waals surface area contributed by atoms with Crippen LogP contribution in [-0.4, -0.2) is 89.4 Å². The van der Waals surface area contributed by atoms with Crippen LogP contribution >= 0.6 is 24.0 Å². The number of nitrogens with zero attached hydrogens (tertiary/aromatic N) is 3. The first-order chi connectivity index (χ1) is 11.7. The number of likely N-dealkylation sites (N-methyl/N-ethyl adjacent to an activating group) is 1. The SMILES string of the molecule is CCCN(CCC)CCCNC(=NC)NCCN(C)CCCOC.I. The number of halogens is 1. The third-order valence-electron chi connectivity index (χ3n) is 3.92. The predicted molar refractivity (Wildman–Crippen MR) is 120 cm³/mol. The summed E-state index contributed by atoms with van der Waals surface area (Å²) in [6, 6.07) is 0. The van der Waals surface area contributed by atoms with Gasteiger partial charge in [-0.2, -0.15) is 0 Å². The van der Waals surface area contributed by atoms with Gasteiger partial charge in [-0.1, -0.05) is 13.8 Å². The maximum atomic E-state index is 5.08. The molecule has 0 aliphatic heterocycles. The lowest BCUT2D eigenvalue weighted by atomic mass is 10.3. The number of guanidine groups is 1. The monoisotopic (exact) mass is 471 g/mol. The number of rotatable bonds is 15. The van der Waals surface area contributed by atoms with Crippen molar-refractivity contribution < 1.29 is 4.74 Å². The molecule has 0 aromatic carbocycles. The largest absolute Gasteiger partial charge is 0.385 e. The Bertz CT molecular complexity index is 299. The lowest BCUT2D eigenvalue weighted by molar-refractivity contribution is 0.180. The molecule has 152 valence electrons. The standard InChI is InChI=1S/C18H41N5O.HI/c1-6-12-23(13-7-2)15-8-10-20-18(19-3)21-11-16-22(4)14-9-17-24-5;/h6-17H2,1-5H3,(H2,19,20,21);1H. The fraction of sp³-hybridized carbons (Fsp3) is 0.944. The van der Waals surface area contributed by atoms with Gasteiger partial charge in [0.15, 0.2) is 5.96 Å². The Morgan fingerprint density at radius 2 is 1.56 bits per heavy atom. The fourth-order valence-electron chi connectivity index (χ4n) is 2.65. The van der Waals surface area contributed by atoms with E-state index in [1.165, 1.54) is 25.9 Å². The topological polar surface area (TPSA) is 52.1 Å². The Kier molecular flexibility index (Phi) is 21.9. The first kappa shape index (κ1) is 27.1. The van der Waals surface area contributed by atoms with Gasteiger partial charge in [-0.05, 0) is 52.4 Å². The first-order valence-corrected chi connectivity index (χ1v) is 9.52. The van der Waals surface area contributed by atoms with E-state index >= 15 is 0 Å². The second-order valence-electron chi connectivity index (χ2n) is 6.27. The zero-order valence-electron chi connectivity index (χ0n) is 17.1. The summed E-state index contributed by atoms with van der Waals surface area (Å²) in [5.41, 5.74) is 0. The summed E-state index contributed by atoms with van der Waals surface area (Å²) in [4.78, 5) is 9.15. The van der Waals surface area contributed by atoms with Gasteiger partial charge in [0.1, 0.15) is 0 Å². The maximum Gasteiger partial charge on any atom is 0.191 e. The van der Waals surface area contributed by atoms with E-state index in [9.17, 15) is 0 Å². The molecule has 0 spiro atoms. The molecule has 0 aromatic rings. The number of nitrogens with one attached hydrogen (secondary N) is 2. The van der Waals surface area contributed by atoms with Gasteiger partial charge in [0.2, 0.25) is 0 Å². The van der Waals surface area contributed by atoms with Crippen molar-refractivity contribution >= 4 is 29.9 Å². The van der Waals surface area contributed by atoms with E-state index in [4.69, 9.17) is 4.74 Å². The minimum atomic E-state index is 0. The van der Waals surface area contributed by atoms with Crippen LogP contribution in [0.25, 0.3) is 0 Å². The molecule has 0 bridgehead atoms. The molecule has 0 saturated heterocycles. The van der Waals surface area contributed by atoms with Crippen molar-refractivity contribution in [1.29, 1.82) is 0 Å². The number of aliphatic imine (C=N–C) groups is 1. The average Bonchev–Trinajstić information content (AvgIpc) is 2.57. The van der Waals surface area contributed by atoms with E-state index in [0.29, 0.717) is 0 Å². The van der Waals surface area contributed by atoms with Crippen LogP contribution in [0.4, 0.5) is 0 Å². The van der Waals surface area contributed by atoms with Crippen LogP contribution in [0.1, 0.15) is 39.5 Å². The molecule has 7 heteroatoms. The molecular formula is C18H42IN5O. The van der Waals surface area contributed by atoms with E-state index in [0.717, 1.165) is 58.1 Å². The molecule has 25 heavy (non-hydrogen) atoms. The fourth-order valence-corrected chi connectivity index (χ4v) is 2.65. The minimum absolute atomic E-state index is 0. The summed E-state index contributed by atoms with van der Waals surface area (Å²) in [6.45, 7) is 12.8. The van der Waals surface area contributed by atoms with E-state index < -0.39 is 0 Å². The van der Waals surface area contributed by atoms with Gasteiger partial charge >= 0.3 is 0 Å². The number of methoxy groups -OCH3 is 1. The van der Waals surface area contributed by atoms with Crippen LogP contribution in [-0.2, 0) is 4.74 Å². The number of ether oxygens (including phenoxy) is 1. The van der Waals surface area contributed by atoms with Crippen molar-refractivity contribution in [2.45, 2.75) is 39.5 Å². The van der Waals surface area contributed by atoms with Crippen molar-refractivity contribution in [1.82, 2.24) is 20.4 Å². The van der Waals surface area contributed by atoms with Crippen molar-refractivity contribution in [2.75, 3.05) is 73.6 Å². The minimum Gasteiger partial charge on any atom is -0.385 e. The second-order valence-corrected chi connectivity index (χ2v) is 6.27. The van der Waals surface area contributed by atoms with E-state index in [-0.39, 0.29) is 24.0 Å². The van der Waals surface area contributed by atoms with Crippen LogP contribution < -0.4 is 10.6 Å². The highest BCUT2D eigenvalue weighted by Gasteiger charge is 2.03. The molecule has 0 rings (SSSR count). The molecule has 2 N–H and O–H groups in total. The van der Waals surface area contributed by atoms with Gasteiger partial charge in [0.05, 0.1) is 0 Å². The summed E-state index contributed by atoms with van der Waals surface area (Å²) in [5, 5.41) is 6.79. The van der Waals surface area contributed by atoms with Crippen LogP contribution in [0, 0.1) is 0 Å². The Labute approximate surface area is 173 Å². The van der Waals surface area contributed by atoms with E-state index in [1.807, 2.05) is 7.05 Å². The number of hydrogen-bond donors (Lipinski definition) is 2. The van der Waals surface area contributed by atoms with Gasteiger partial charge < -0.3 is 25.2 Å². The molecule has 0 radical (unpaired) electrons. The predicted octanol–water partition coefficient (Wildman–Crippen LogP) is 2.25. The zero-order chi connectivity index (χ0) is 18.0. The van der Waals surface area contributed by atoms with Crippen LogP contribution in [0.3, 0.4) is 0 Å². The van der Waals surface area contributed by atoms with E-state index in [1.54, 1.807) is 7.11 Å². The lowest BCUT2D eigenvalue weighted by Gasteiger charge is -2.21. The Hall–Kier alpha value is -0.120. The van der Waals surface area contributed by atoms with Gasteiger partial charge in [-0.25, -0.2) is 0 Å². The summed E-state index contributed by atoms with van der Waals surface area (Å²) < 4.78 is 5.08. The zero-order valence-corrected chi connectivity index (χ0v) is 19.5. The van der Waals surface area contributed by atoms with E-state index in [2.05, 4.69) is 46.3 Å². The van der Waals surface area contributed by atoms with Crippen LogP contribution in [0.5, 0.6) is 0 Å². The molecule has 0 atom stereocenters. The molecular weight excluding hydrogens is 429 g/mol. The average molecular weight is 471 g/mol. The van der Waals surface area contributed by atoms with Gasteiger partial charge in [-0.15, -0.1) is 24.0 Å². The molecule has 0 amide bonds. The van der Waals surface area contributed by atoms with Gasteiger partial charge in [0.25, 0.3) is 0 Å². The Morgan fingerprint density at radius 1 is 0.920 bits per heavy atom. The molecule has 0 fully saturated rings. The number of hydrogen-bond acceptors (Lipinski definition) is 4. The van der Waals surface area contributed by atoms with Crippen molar-refractivity contribution in [3.05, 3.63) is 0 Å². The molecule has 0 aliphatic carbocycles. The third kappa shape index (κ3) is 17.1. The van der Waals surface area contributed by atoms with Crippen molar-refractivity contribution in [3.63, 3.8) is 0 Å². The highest BCUT2D eigenvalue weighted by Crippen LogP contribution is 1.95. The quantitative estimate of drug-likeness (QED) is 0.166. The van der Waals surface area contributed by atoms with Crippen LogP contribution in [0.2, 0.25) is 0 Å². The first-order valence-electron chi connectivity index (χ1n) is 9.52. The smallest absolute Gasteiger partial charge is 0.191 e. The molecule has 0 saturated carbocycles. The summed E-state index contributed by atoms with van der Waals surface area (Å²) >= 11 is 0. The van der Waals surface area contributed by atoms with Crippen LogP contribution in [0.15, 0.2) is 4.99 Å². The summed E-state index contributed by atoms with van der Waals surface area (Å²) in [5.74, 6) is 0.901. The molecule has 0 aliphatic rings. The molecule has 0 aromatic heterocycles. The second kappa shape index (κ2) is 20.2. The molecule has 0 unspecified atom stereocenters. The maximum absolute atomic E-state index is 5.08. The Balaban J connectivity index is 0. The van der Waals surface area contributed by atoms with Crippen molar-refractivity contribution in [2.24, 2.45) is 4.99 Å². The lowest BCUT2D eigenvalue weighted by Crippen LogP contribution is -2.42. The van der Waals surface area contributed by atoms with Gasteiger partial charge in [-0.3, -0.25) is 4.99 Å². The van der Waals surface area contributed by atoms with Crippen molar-refractivity contribution in [3.8, 4) is 0 Å². The molecule has 6 nitrogen and oxygen atoms in total. The Morgan fingerprint density at radius 3 is 2.12 bits per heavy atom.